The van der Waals surface area contributed by atoms with Gasteiger partial charge in [0, 0.05) is 50.7 Å². The number of aromatic nitrogens is 4. The van der Waals surface area contributed by atoms with Crippen LogP contribution in [0.1, 0.15) is 11.3 Å². The van der Waals surface area contributed by atoms with E-state index in [2.05, 4.69) is 43.1 Å². The lowest BCUT2D eigenvalue weighted by molar-refractivity contribution is 0.284. The molecule has 0 bridgehead atoms. The van der Waals surface area contributed by atoms with Crippen LogP contribution in [0.15, 0.2) is 55.0 Å². The summed E-state index contributed by atoms with van der Waals surface area (Å²) in [6.07, 6.45) is 9.63. The number of benzene rings is 1. The fourth-order valence-corrected chi connectivity index (χ4v) is 3.65. The average molecular weight is 395 g/mol. The van der Waals surface area contributed by atoms with Gasteiger partial charge in [-0.05, 0) is 25.1 Å². The molecule has 1 saturated heterocycles. The van der Waals surface area contributed by atoms with Crippen LogP contribution < -0.4 is 4.90 Å². The van der Waals surface area contributed by atoms with Gasteiger partial charge in [0.05, 0.1) is 22.6 Å². The maximum absolute atomic E-state index is 6.32. The smallest absolute Gasteiger partial charge is 0.250 e. The van der Waals surface area contributed by atoms with Crippen molar-refractivity contribution in [2.45, 2.75) is 6.92 Å². The number of halogens is 1. The van der Waals surface area contributed by atoms with Crippen molar-refractivity contribution >= 4 is 23.4 Å². The van der Waals surface area contributed by atoms with E-state index in [1.807, 2.05) is 31.3 Å². The highest BCUT2D eigenvalue weighted by atomic mass is 35.5. The van der Waals surface area contributed by atoms with E-state index < -0.39 is 0 Å². The van der Waals surface area contributed by atoms with E-state index in [-0.39, 0.29) is 0 Å². The van der Waals surface area contributed by atoms with E-state index in [1.165, 1.54) is 0 Å². The van der Waals surface area contributed by atoms with Gasteiger partial charge in [0.1, 0.15) is 0 Å². The van der Waals surface area contributed by atoms with Gasteiger partial charge in [-0.15, -0.1) is 0 Å². The SMILES string of the molecule is Cc1c(C=CCN2CCN(c3ccccc3Cl)CC2)cnn1-c1ncccn1. The lowest BCUT2D eigenvalue weighted by Gasteiger charge is -2.36. The molecule has 4 rings (SSSR count). The summed E-state index contributed by atoms with van der Waals surface area (Å²) in [5.74, 6) is 0.593. The number of para-hydroxylation sites is 1. The maximum atomic E-state index is 6.32. The Kier molecular flexibility index (Phi) is 5.69. The summed E-state index contributed by atoms with van der Waals surface area (Å²) in [5.41, 5.74) is 3.25. The van der Waals surface area contributed by atoms with Gasteiger partial charge < -0.3 is 4.90 Å². The number of hydrogen-bond acceptors (Lipinski definition) is 5. The summed E-state index contributed by atoms with van der Waals surface area (Å²) in [6, 6.07) is 9.86. The van der Waals surface area contributed by atoms with E-state index >= 15 is 0 Å². The molecular formula is C21H23ClN6. The van der Waals surface area contributed by atoms with E-state index in [0.717, 1.165) is 54.7 Å². The minimum absolute atomic E-state index is 0.593. The molecule has 0 saturated carbocycles. The van der Waals surface area contributed by atoms with Crippen molar-refractivity contribution in [3.05, 3.63) is 71.3 Å². The summed E-state index contributed by atoms with van der Waals surface area (Å²) < 4.78 is 1.77. The second-order valence-corrected chi connectivity index (χ2v) is 7.19. The molecule has 0 N–H and O–H groups in total. The summed E-state index contributed by atoms with van der Waals surface area (Å²) >= 11 is 6.32. The van der Waals surface area contributed by atoms with Crippen molar-refractivity contribution in [1.82, 2.24) is 24.6 Å². The molecule has 144 valence electrons. The fourth-order valence-electron chi connectivity index (χ4n) is 3.40. The molecule has 0 aliphatic carbocycles. The summed E-state index contributed by atoms with van der Waals surface area (Å²) in [4.78, 5) is 13.3. The zero-order valence-corrected chi connectivity index (χ0v) is 16.6. The molecule has 1 aliphatic heterocycles. The number of piperazine rings is 1. The summed E-state index contributed by atoms with van der Waals surface area (Å²) in [6.45, 7) is 6.96. The zero-order valence-electron chi connectivity index (χ0n) is 15.9. The van der Waals surface area contributed by atoms with Crippen LogP contribution >= 0.6 is 11.6 Å². The first-order valence-corrected chi connectivity index (χ1v) is 9.80. The van der Waals surface area contributed by atoms with Crippen molar-refractivity contribution in [1.29, 1.82) is 0 Å². The van der Waals surface area contributed by atoms with E-state index in [1.54, 1.807) is 23.1 Å². The van der Waals surface area contributed by atoms with Crippen molar-refractivity contribution in [2.75, 3.05) is 37.6 Å². The van der Waals surface area contributed by atoms with E-state index in [9.17, 15) is 0 Å². The molecule has 0 amide bonds. The van der Waals surface area contributed by atoms with Crippen LogP contribution in [0, 0.1) is 6.92 Å². The molecule has 3 aromatic rings. The molecule has 2 aromatic heterocycles. The van der Waals surface area contributed by atoms with Crippen molar-refractivity contribution < 1.29 is 0 Å². The lowest BCUT2D eigenvalue weighted by atomic mass is 10.2. The van der Waals surface area contributed by atoms with Gasteiger partial charge in [-0.25, -0.2) is 14.6 Å². The van der Waals surface area contributed by atoms with Crippen molar-refractivity contribution in [2.24, 2.45) is 0 Å². The molecule has 7 heteroatoms. The third kappa shape index (κ3) is 4.08. The lowest BCUT2D eigenvalue weighted by Crippen LogP contribution is -2.46. The quantitative estimate of drug-likeness (QED) is 0.663. The van der Waals surface area contributed by atoms with Crippen LogP contribution in [0.5, 0.6) is 0 Å². The zero-order chi connectivity index (χ0) is 19.3. The van der Waals surface area contributed by atoms with Gasteiger partial charge >= 0.3 is 0 Å². The number of hydrogen-bond donors (Lipinski definition) is 0. The van der Waals surface area contributed by atoms with Crippen molar-refractivity contribution in [3.63, 3.8) is 0 Å². The first-order chi connectivity index (χ1) is 13.7. The molecule has 1 fully saturated rings. The Hall–Kier alpha value is -2.70. The molecule has 1 aromatic carbocycles. The third-order valence-corrected chi connectivity index (χ3v) is 5.34. The Balaban J connectivity index is 1.33. The largest absolute Gasteiger partial charge is 0.368 e. The molecule has 0 spiro atoms. The Morgan fingerprint density at radius 2 is 1.79 bits per heavy atom. The number of rotatable bonds is 5. The standard InChI is InChI=1S/C21H23ClN6/c1-17-18(16-25-28(17)21-23-9-5-10-24-21)6-4-11-26-12-14-27(15-13-26)20-8-3-2-7-19(20)22/h2-10,16H,11-15H2,1H3. The minimum atomic E-state index is 0.593. The predicted molar refractivity (Wildman–Crippen MR) is 113 cm³/mol. The topological polar surface area (TPSA) is 50.1 Å². The van der Waals surface area contributed by atoms with E-state index in [0.29, 0.717) is 5.95 Å². The highest BCUT2D eigenvalue weighted by molar-refractivity contribution is 6.33. The molecule has 0 radical (unpaired) electrons. The predicted octanol–water partition coefficient (Wildman–Crippen LogP) is 3.46. The van der Waals surface area contributed by atoms with Crippen LogP contribution in [-0.4, -0.2) is 57.4 Å². The summed E-state index contributed by atoms with van der Waals surface area (Å²) in [7, 11) is 0. The average Bonchev–Trinajstić information content (AvgIpc) is 3.10. The Morgan fingerprint density at radius 1 is 1.04 bits per heavy atom. The Bertz CT molecular complexity index is 945. The molecule has 3 heterocycles. The second kappa shape index (κ2) is 8.54. The molecule has 1 aliphatic rings. The van der Waals surface area contributed by atoms with Crippen molar-refractivity contribution in [3.8, 4) is 5.95 Å². The monoisotopic (exact) mass is 394 g/mol. The second-order valence-electron chi connectivity index (χ2n) is 6.79. The van der Waals surface area contributed by atoms with Crippen LogP contribution in [0.4, 0.5) is 5.69 Å². The number of nitrogens with zero attached hydrogens (tertiary/aromatic N) is 6. The maximum Gasteiger partial charge on any atom is 0.250 e. The number of anilines is 1. The van der Waals surface area contributed by atoms with Gasteiger partial charge in [0.15, 0.2) is 0 Å². The van der Waals surface area contributed by atoms with Gasteiger partial charge in [0.25, 0.3) is 5.95 Å². The Morgan fingerprint density at radius 3 is 2.54 bits per heavy atom. The third-order valence-electron chi connectivity index (χ3n) is 5.02. The normalized spacial score (nSPS) is 15.4. The first-order valence-electron chi connectivity index (χ1n) is 9.43. The van der Waals surface area contributed by atoms with Crippen LogP contribution in [0.25, 0.3) is 12.0 Å². The van der Waals surface area contributed by atoms with Gasteiger partial charge in [-0.3, -0.25) is 4.90 Å². The van der Waals surface area contributed by atoms with Gasteiger partial charge in [0.2, 0.25) is 0 Å². The minimum Gasteiger partial charge on any atom is -0.368 e. The Labute approximate surface area is 170 Å². The highest BCUT2D eigenvalue weighted by Crippen LogP contribution is 2.26. The van der Waals surface area contributed by atoms with Gasteiger partial charge in [-0.2, -0.15) is 5.10 Å². The molecule has 0 atom stereocenters. The van der Waals surface area contributed by atoms with Crippen LogP contribution in [0.2, 0.25) is 5.02 Å². The fraction of sp³-hybridized carbons (Fsp3) is 0.286. The summed E-state index contributed by atoms with van der Waals surface area (Å²) in [5, 5.41) is 5.24. The van der Waals surface area contributed by atoms with Crippen LogP contribution in [0.3, 0.4) is 0 Å². The molecule has 6 nitrogen and oxygen atoms in total. The first kappa shape index (κ1) is 18.7. The molecular weight excluding hydrogens is 372 g/mol. The molecule has 0 unspecified atom stereocenters. The van der Waals surface area contributed by atoms with Gasteiger partial charge in [-0.1, -0.05) is 35.9 Å². The molecule has 28 heavy (non-hydrogen) atoms. The highest BCUT2D eigenvalue weighted by Gasteiger charge is 2.17. The van der Waals surface area contributed by atoms with E-state index in [4.69, 9.17) is 11.6 Å². The van der Waals surface area contributed by atoms with Crippen LogP contribution in [-0.2, 0) is 0 Å².